The van der Waals surface area contributed by atoms with Crippen molar-refractivity contribution in [3.8, 4) is 11.5 Å². The number of oxazole rings is 1. The van der Waals surface area contributed by atoms with Crippen molar-refractivity contribution in [3.63, 3.8) is 0 Å². The molecule has 174 valence electrons. The molecule has 0 saturated heterocycles. The summed E-state index contributed by atoms with van der Waals surface area (Å²) in [6.45, 7) is 0.638. The largest absolute Gasteiger partial charge is 0.493 e. The molecule has 0 spiro atoms. The maximum Gasteiger partial charge on any atom is 0.329 e. The van der Waals surface area contributed by atoms with Crippen LogP contribution in [0.3, 0.4) is 0 Å². The normalized spacial score (nSPS) is 15.1. The summed E-state index contributed by atoms with van der Waals surface area (Å²) < 4.78 is 36.3. The third kappa shape index (κ3) is 4.00. The predicted molar refractivity (Wildman–Crippen MR) is 121 cm³/mol. The first-order valence-electron chi connectivity index (χ1n) is 10.7. The van der Waals surface area contributed by atoms with Gasteiger partial charge in [0, 0.05) is 37.0 Å². The van der Waals surface area contributed by atoms with Crippen molar-refractivity contribution in [1.29, 1.82) is 0 Å². The number of carbonyl (C=O) groups excluding carboxylic acids is 1. The van der Waals surface area contributed by atoms with Gasteiger partial charge in [-0.15, -0.1) is 0 Å². The Hall–Kier alpha value is -4.14. The molecular weight excluding hydrogens is 441 g/mol. The van der Waals surface area contributed by atoms with Gasteiger partial charge in [0.2, 0.25) is 0 Å². The highest BCUT2D eigenvalue weighted by Crippen LogP contribution is 2.40. The molecule has 0 unspecified atom stereocenters. The minimum atomic E-state index is -0.717. The summed E-state index contributed by atoms with van der Waals surface area (Å²) in [5.74, 6) is 0.279. The Kier molecular flexibility index (Phi) is 5.75. The van der Waals surface area contributed by atoms with Crippen LogP contribution in [0.15, 0.2) is 59.3 Å². The summed E-state index contributed by atoms with van der Waals surface area (Å²) in [5, 5.41) is 0. The van der Waals surface area contributed by atoms with E-state index in [9.17, 15) is 9.18 Å². The van der Waals surface area contributed by atoms with Gasteiger partial charge in [-0.3, -0.25) is 4.98 Å². The fraction of sp³-hybridized carbons (Fsp3) is 0.240. The molecule has 5 rings (SSSR count). The van der Waals surface area contributed by atoms with E-state index in [0.29, 0.717) is 35.8 Å². The van der Waals surface area contributed by atoms with Crippen molar-refractivity contribution in [3.05, 3.63) is 77.4 Å². The van der Waals surface area contributed by atoms with Gasteiger partial charge in [0.25, 0.3) is 6.01 Å². The fourth-order valence-electron chi connectivity index (χ4n) is 4.13. The van der Waals surface area contributed by atoms with Crippen molar-refractivity contribution in [2.75, 3.05) is 19.1 Å². The molecular formula is C25H22FN3O5. The Bertz CT molecular complexity index is 1340. The maximum absolute atomic E-state index is 13.7. The number of rotatable bonds is 6. The van der Waals surface area contributed by atoms with Crippen LogP contribution >= 0.6 is 0 Å². The molecule has 0 fully saturated rings. The Labute approximate surface area is 194 Å². The van der Waals surface area contributed by atoms with Gasteiger partial charge in [0.1, 0.15) is 24.0 Å². The van der Waals surface area contributed by atoms with Gasteiger partial charge >= 0.3 is 5.97 Å². The van der Waals surface area contributed by atoms with E-state index < -0.39 is 17.8 Å². The SMILES string of the molecule is COC(=O)[C@@H]1Cc2c(ccc(OC)c2OCc2ccncc2)CN1c1nc2ccc(F)cc2o1. The summed E-state index contributed by atoms with van der Waals surface area (Å²) in [6, 6.07) is 11.1. The number of ether oxygens (including phenoxy) is 3. The first kappa shape index (κ1) is 21.7. The van der Waals surface area contributed by atoms with Gasteiger partial charge in [0.05, 0.1) is 14.2 Å². The molecule has 0 bridgehead atoms. The average Bonchev–Trinajstić information content (AvgIpc) is 3.29. The van der Waals surface area contributed by atoms with Crippen LogP contribution in [0.25, 0.3) is 11.1 Å². The summed E-state index contributed by atoms with van der Waals surface area (Å²) in [5.41, 5.74) is 3.54. The molecule has 9 heteroatoms. The number of esters is 1. The number of fused-ring (bicyclic) bond motifs is 2. The summed E-state index contributed by atoms with van der Waals surface area (Å²) in [7, 11) is 2.91. The highest BCUT2D eigenvalue weighted by atomic mass is 19.1. The van der Waals surface area contributed by atoms with Crippen LogP contribution in [-0.2, 0) is 29.1 Å². The van der Waals surface area contributed by atoms with E-state index in [1.54, 1.807) is 30.5 Å². The van der Waals surface area contributed by atoms with Gasteiger partial charge in [0.15, 0.2) is 17.1 Å². The van der Waals surface area contributed by atoms with Crippen molar-refractivity contribution in [1.82, 2.24) is 9.97 Å². The molecule has 0 amide bonds. The highest BCUT2D eigenvalue weighted by molar-refractivity contribution is 5.82. The zero-order chi connectivity index (χ0) is 23.7. The fourth-order valence-corrected chi connectivity index (χ4v) is 4.13. The molecule has 2 aromatic heterocycles. The van der Waals surface area contributed by atoms with E-state index in [1.165, 1.54) is 19.2 Å². The third-order valence-electron chi connectivity index (χ3n) is 5.85. The van der Waals surface area contributed by atoms with Crippen molar-refractivity contribution >= 4 is 23.1 Å². The standard InChI is InChI=1S/C25H22FN3O5/c1-31-21-6-3-16-13-29(25-28-19-5-4-17(26)11-22(19)34-25)20(24(30)32-2)12-18(16)23(21)33-14-15-7-9-27-10-8-15/h3-11,20H,12-14H2,1-2H3/t20-/m0/s1. The molecule has 1 aliphatic rings. The predicted octanol–water partition coefficient (Wildman–Crippen LogP) is 4.05. The molecule has 0 radical (unpaired) electrons. The van der Waals surface area contributed by atoms with Crippen molar-refractivity contribution < 1.29 is 27.8 Å². The van der Waals surface area contributed by atoms with Crippen LogP contribution in [0.1, 0.15) is 16.7 Å². The molecule has 1 aliphatic heterocycles. The molecule has 0 N–H and O–H groups in total. The zero-order valence-corrected chi connectivity index (χ0v) is 18.7. The molecule has 8 nitrogen and oxygen atoms in total. The van der Waals surface area contributed by atoms with Gasteiger partial charge < -0.3 is 23.5 Å². The number of hydrogen-bond acceptors (Lipinski definition) is 8. The van der Waals surface area contributed by atoms with E-state index in [4.69, 9.17) is 18.6 Å². The maximum atomic E-state index is 13.7. The number of benzene rings is 2. The topological polar surface area (TPSA) is 86.9 Å². The molecule has 4 aromatic rings. The van der Waals surface area contributed by atoms with Crippen LogP contribution in [-0.4, -0.2) is 36.2 Å². The first-order chi connectivity index (χ1) is 16.6. The van der Waals surface area contributed by atoms with Gasteiger partial charge in [-0.1, -0.05) is 6.07 Å². The highest BCUT2D eigenvalue weighted by Gasteiger charge is 2.37. The van der Waals surface area contributed by atoms with Crippen LogP contribution < -0.4 is 14.4 Å². The van der Waals surface area contributed by atoms with Crippen LogP contribution in [0.4, 0.5) is 10.4 Å². The van der Waals surface area contributed by atoms with Gasteiger partial charge in [-0.25, -0.2) is 9.18 Å². The van der Waals surface area contributed by atoms with E-state index in [2.05, 4.69) is 9.97 Å². The number of halogens is 1. The number of aromatic nitrogens is 2. The van der Waals surface area contributed by atoms with Crippen LogP contribution in [0.5, 0.6) is 11.5 Å². The van der Waals surface area contributed by atoms with Gasteiger partial charge in [-0.2, -0.15) is 4.98 Å². The monoisotopic (exact) mass is 463 g/mol. The van der Waals surface area contributed by atoms with Crippen LogP contribution in [0, 0.1) is 5.82 Å². The number of carbonyl (C=O) groups is 1. The molecule has 3 heterocycles. The summed E-state index contributed by atoms with van der Waals surface area (Å²) >= 11 is 0. The lowest BCUT2D eigenvalue weighted by Crippen LogP contribution is -2.46. The third-order valence-corrected chi connectivity index (χ3v) is 5.85. The summed E-state index contributed by atoms with van der Waals surface area (Å²) in [4.78, 5) is 23.0. The Morgan fingerprint density at radius 2 is 2.00 bits per heavy atom. The van der Waals surface area contributed by atoms with Crippen LogP contribution in [0.2, 0.25) is 0 Å². The second-order valence-electron chi connectivity index (χ2n) is 7.86. The molecule has 0 saturated carbocycles. The lowest BCUT2D eigenvalue weighted by Gasteiger charge is -2.35. The average molecular weight is 463 g/mol. The van der Waals surface area contributed by atoms with Crippen molar-refractivity contribution in [2.24, 2.45) is 0 Å². The minimum absolute atomic E-state index is 0.219. The lowest BCUT2D eigenvalue weighted by atomic mass is 9.92. The smallest absolute Gasteiger partial charge is 0.329 e. The molecule has 34 heavy (non-hydrogen) atoms. The number of nitrogens with zero attached hydrogens (tertiary/aromatic N) is 3. The van der Waals surface area contributed by atoms with E-state index in [0.717, 1.165) is 16.7 Å². The number of hydrogen-bond donors (Lipinski definition) is 0. The number of anilines is 1. The number of methoxy groups -OCH3 is 2. The van der Waals surface area contributed by atoms with Gasteiger partial charge in [-0.05, 0) is 41.5 Å². The Balaban J connectivity index is 1.53. The molecule has 0 aliphatic carbocycles. The van der Waals surface area contributed by atoms with E-state index in [1.807, 2.05) is 24.3 Å². The second kappa shape index (κ2) is 9.01. The Morgan fingerprint density at radius 1 is 1.18 bits per heavy atom. The first-order valence-corrected chi connectivity index (χ1v) is 10.7. The molecule has 1 atom stereocenters. The Morgan fingerprint density at radius 3 is 2.76 bits per heavy atom. The van der Waals surface area contributed by atoms with Crippen molar-refractivity contribution in [2.45, 2.75) is 25.6 Å². The number of pyridine rings is 1. The quantitative estimate of drug-likeness (QED) is 0.396. The second-order valence-corrected chi connectivity index (χ2v) is 7.86. The van der Waals surface area contributed by atoms with E-state index >= 15 is 0 Å². The minimum Gasteiger partial charge on any atom is -0.493 e. The lowest BCUT2D eigenvalue weighted by molar-refractivity contribution is -0.142. The van der Waals surface area contributed by atoms with E-state index in [-0.39, 0.29) is 12.4 Å². The summed E-state index contributed by atoms with van der Waals surface area (Å²) in [6.07, 6.45) is 3.69. The molecule has 2 aromatic carbocycles. The zero-order valence-electron chi connectivity index (χ0n) is 18.7.